The average Bonchev–Trinajstić information content (AvgIpc) is 2.70. The maximum Gasteiger partial charge on any atom is 0.349 e. The Morgan fingerprint density at radius 3 is 2.46 bits per heavy atom. The largest absolute Gasteiger partial charge is 0.349 e. The zero-order valence-corrected chi connectivity index (χ0v) is 15.3. The number of fused-ring (bicyclic) bond motifs is 1. The van der Waals surface area contributed by atoms with Gasteiger partial charge in [0.15, 0.2) is 0 Å². The van der Waals surface area contributed by atoms with Crippen LogP contribution < -0.4 is 5.69 Å². The second-order valence-corrected chi connectivity index (χ2v) is 7.39. The number of thioether (sulfide) groups is 1. The van der Waals surface area contributed by atoms with E-state index in [1.54, 1.807) is 24.2 Å². The summed E-state index contributed by atoms with van der Waals surface area (Å²) in [5.74, 6) is 0.777. The van der Waals surface area contributed by atoms with Crippen LogP contribution in [0.1, 0.15) is 35.2 Å². The highest BCUT2D eigenvalue weighted by Crippen LogP contribution is 2.30. The van der Waals surface area contributed by atoms with Crippen LogP contribution >= 0.6 is 11.8 Å². The van der Waals surface area contributed by atoms with Gasteiger partial charge in [-0.15, -0.1) is 11.8 Å². The maximum absolute atomic E-state index is 12.7. The van der Waals surface area contributed by atoms with Crippen molar-refractivity contribution in [1.82, 2.24) is 19.5 Å². The number of rotatable bonds is 5. The minimum Gasteiger partial charge on any atom is -0.291 e. The minimum atomic E-state index is -0.164. The molecule has 0 unspecified atom stereocenters. The third kappa shape index (κ3) is 3.70. The van der Waals surface area contributed by atoms with Crippen molar-refractivity contribution in [3.05, 3.63) is 81.9 Å². The fourth-order valence-corrected chi connectivity index (χ4v) is 4.35. The zero-order chi connectivity index (χ0) is 17.8. The van der Waals surface area contributed by atoms with E-state index >= 15 is 0 Å². The van der Waals surface area contributed by atoms with Gasteiger partial charge >= 0.3 is 5.69 Å². The smallest absolute Gasteiger partial charge is 0.291 e. The summed E-state index contributed by atoms with van der Waals surface area (Å²) in [5.41, 5.74) is 4.40. The van der Waals surface area contributed by atoms with Gasteiger partial charge in [0.25, 0.3) is 0 Å². The Labute approximate surface area is 156 Å². The van der Waals surface area contributed by atoms with Gasteiger partial charge in [-0.25, -0.2) is 4.79 Å². The molecule has 5 nitrogen and oxygen atoms in total. The standard InChI is InChI=1S/C20H20N4OS/c25-20-23-19(26-14-16-6-4-10-22-12-16)17-7-1-2-8-18(17)24(20)13-15-5-3-9-21-11-15/h3-6,9-12H,1-2,7-8,13-14H2. The summed E-state index contributed by atoms with van der Waals surface area (Å²) >= 11 is 1.64. The van der Waals surface area contributed by atoms with Gasteiger partial charge in [-0.1, -0.05) is 12.1 Å². The predicted octanol–water partition coefficient (Wildman–Crippen LogP) is 3.25. The third-order valence-corrected chi connectivity index (χ3v) is 5.70. The van der Waals surface area contributed by atoms with Crippen molar-refractivity contribution in [1.29, 1.82) is 0 Å². The lowest BCUT2D eigenvalue weighted by Gasteiger charge is -2.22. The topological polar surface area (TPSA) is 60.7 Å². The molecule has 0 fully saturated rings. The first kappa shape index (κ1) is 17.0. The Bertz CT molecular complexity index is 941. The first-order chi connectivity index (χ1) is 12.8. The summed E-state index contributed by atoms with van der Waals surface area (Å²) in [7, 11) is 0. The Hall–Kier alpha value is -2.47. The fourth-order valence-electron chi connectivity index (χ4n) is 3.34. The second-order valence-electron chi connectivity index (χ2n) is 6.43. The van der Waals surface area contributed by atoms with E-state index < -0.39 is 0 Å². The van der Waals surface area contributed by atoms with Gasteiger partial charge in [0.1, 0.15) is 5.03 Å². The number of hydrogen-bond acceptors (Lipinski definition) is 5. The first-order valence-corrected chi connectivity index (χ1v) is 9.83. The van der Waals surface area contributed by atoms with Gasteiger partial charge in [0.05, 0.1) is 6.54 Å². The van der Waals surface area contributed by atoms with Crippen molar-refractivity contribution < 1.29 is 0 Å². The van der Waals surface area contributed by atoms with Gasteiger partial charge in [0, 0.05) is 41.8 Å². The molecule has 26 heavy (non-hydrogen) atoms. The highest BCUT2D eigenvalue weighted by Gasteiger charge is 2.20. The van der Waals surface area contributed by atoms with E-state index in [9.17, 15) is 4.79 Å². The van der Waals surface area contributed by atoms with Gasteiger partial charge in [-0.2, -0.15) is 4.98 Å². The van der Waals surface area contributed by atoms with Gasteiger partial charge in [-0.05, 0) is 48.9 Å². The quantitative estimate of drug-likeness (QED) is 0.514. The first-order valence-electron chi connectivity index (χ1n) is 8.84. The van der Waals surface area contributed by atoms with Crippen LogP contribution in [0.4, 0.5) is 0 Å². The summed E-state index contributed by atoms with van der Waals surface area (Å²) in [4.78, 5) is 25.5. The molecule has 1 aliphatic rings. The van der Waals surface area contributed by atoms with Crippen molar-refractivity contribution in [3.8, 4) is 0 Å². The molecular weight excluding hydrogens is 344 g/mol. The predicted molar refractivity (Wildman–Crippen MR) is 102 cm³/mol. The van der Waals surface area contributed by atoms with Crippen LogP contribution in [-0.2, 0) is 25.1 Å². The van der Waals surface area contributed by atoms with Crippen molar-refractivity contribution in [2.45, 2.75) is 43.0 Å². The Morgan fingerprint density at radius 1 is 1.00 bits per heavy atom. The van der Waals surface area contributed by atoms with Gasteiger partial charge < -0.3 is 0 Å². The molecule has 4 rings (SSSR count). The van der Waals surface area contributed by atoms with E-state index in [4.69, 9.17) is 0 Å². The van der Waals surface area contributed by atoms with Crippen LogP contribution in [0.15, 0.2) is 58.9 Å². The molecule has 132 valence electrons. The molecule has 3 aromatic rings. The summed E-state index contributed by atoms with van der Waals surface area (Å²) in [6, 6.07) is 7.89. The SMILES string of the molecule is O=c1nc(SCc2cccnc2)c2c(n1Cc1cccnc1)CCCC2. The Morgan fingerprint density at radius 2 is 1.73 bits per heavy atom. The molecule has 0 N–H and O–H groups in total. The summed E-state index contributed by atoms with van der Waals surface area (Å²) in [6.45, 7) is 0.537. The van der Waals surface area contributed by atoms with E-state index in [0.29, 0.717) is 6.54 Å². The van der Waals surface area contributed by atoms with Crippen molar-refractivity contribution in [2.75, 3.05) is 0 Å². The normalized spacial score (nSPS) is 13.4. The molecule has 0 atom stereocenters. The number of hydrogen-bond donors (Lipinski definition) is 0. The zero-order valence-electron chi connectivity index (χ0n) is 14.5. The molecule has 3 aromatic heterocycles. The average molecular weight is 364 g/mol. The van der Waals surface area contributed by atoms with Crippen LogP contribution in [0.5, 0.6) is 0 Å². The second kappa shape index (κ2) is 7.83. The highest BCUT2D eigenvalue weighted by atomic mass is 32.2. The molecule has 0 saturated heterocycles. The van der Waals surface area contributed by atoms with Crippen LogP contribution in [0.25, 0.3) is 0 Å². The Kier molecular flexibility index (Phi) is 5.11. The molecule has 0 radical (unpaired) electrons. The molecule has 0 bridgehead atoms. The molecule has 1 aliphatic carbocycles. The van der Waals surface area contributed by atoms with E-state index in [1.807, 2.05) is 35.2 Å². The third-order valence-electron chi connectivity index (χ3n) is 4.61. The van der Waals surface area contributed by atoms with E-state index in [2.05, 4.69) is 21.0 Å². The molecular formula is C20H20N4OS. The minimum absolute atomic E-state index is 0.164. The van der Waals surface area contributed by atoms with Crippen molar-refractivity contribution in [2.24, 2.45) is 0 Å². The van der Waals surface area contributed by atoms with E-state index in [0.717, 1.165) is 53.3 Å². The monoisotopic (exact) mass is 364 g/mol. The van der Waals surface area contributed by atoms with Crippen molar-refractivity contribution >= 4 is 11.8 Å². The summed E-state index contributed by atoms with van der Waals surface area (Å²) < 4.78 is 1.83. The molecule has 0 saturated carbocycles. The van der Waals surface area contributed by atoms with Crippen LogP contribution in [0, 0.1) is 0 Å². The molecule has 0 spiro atoms. The number of pyridine rings is 2. The summed E-state index contributed by atoms with van der Waals surface area (Å²) in [5, 5.41) is 0.885. The lowest BCUT2D eigenvalue weighted by Crippen LogP contribution is -2.30. The van der Waals surface area contributed by atoms with E-state index in [-0.39, 0.29) is 5.69 Å². The lowest BCUT2D eigenvalue weighted by molar-refractivity contribution is 0.569. The lowest BCUT2D eigenvalue weighted by atomic mass is 9.97. The Balaban J connectivity index is 1.66. The van der Waals surface area contributed by atoms with Gasteiger partial charge in [-0.3, -0.25) is 14.5 Å². The van der Waals surface area contributed by atoms with Crippen LogP contribution in [0.2, 0.25) is 0 Å². The fraction of sp³-hybridized carbons (Fsp3) is 0.300. The van der Waals surface area contributed by atoms with Crippen LogP contribution in [-0.4, -0.2) is 19.5 Å². The number of nitrogens with zero attached hydrogens (tertiary/aromatic N) is 4. The molecule has 0 amide bonds. The maximum atomic E-state index is 12.7. The highest BCUT2D eigenvalue weighted by molar-refractivity contribution is 7.98. The summed E-state index contributed by atoms with van der Waals surface area (Å²) in [6.07, 6.45) is 11.4. The molecule has 6 heteroatoms. The molecule has 0 aromatic carbocycles. The number of aromatic nitrogens is 4. The van der Waals surface area contributed by atoms with Crippen molar-refractivity contribution in [3.63, 3.8) is 0 Å². The van der Waals surface area contributed by atoms with E-state index in [1.165, 1.54) is 5.56 Å². The molecule has 3 heterocycles. The molecule has 0 aliphatic heterocycles. The van der Waals surface area contributed by atoms with Crippen LogP contribution in [0.3, 0.4) is 0 Å². The van der Waals surface area contributed by atoms with Gasteiger partial charge in [0.2, 0.25) is 0 Å².